The maximum atomic E-state index is 7.48. The highest BCUT2D eigenvalue weighted by Crippen LogP contribution is 2.38. The van der Waals surface area contributed by atoms with Crippen molar-refractivity contribution in [3.8, 4) is 46.3 Å². The molecule has 0 saturated heterocycles. The van der Waals surface area contributed by atoms with E-state index in [1.54, 1.807) is 0 Å². The van der Waals surface area contributed by atoms with E-state index in [1.807, 2.05) is 0 Å². The first kappa shape index (κ1) is 39.5. The molecule has 3 aromatic heterocycles. The van der Waals surface area contributed by atoms with Crippen molar-refractivity contribution < 1.29 is 9.47 Å². The fourth-order valence-electron chi connectivity index (χ4n) is 13.6. The molecular weight excluding hydrogens is 908 g/mol. The van der Waals surface area contributed by atoms with E-state index in [9.17, 15) is 0 Å². The molecule has 0 saturated carbocycles. The predicted molar refractivity (Wildman–Crippen MR) is 300 cm³/mol. The van der Waals surface area contributed by atoms with Crippen molar-refractivity contribution in [2.45, 2.75) is 0 Å². The van der Waals surface area contributed by atoms with Gasteiger partial charge in [0.15, 0.2) is 13.9 Å². The summed E-state index contributed by atoms with van der Waals surface area (Å²) in [6.45, 7) is -0.0734. The highest BCUT2D eigenvalue weighted by atomic mass is 28.3. The molecule has 13 aromatic rings. The lowest BCUT2D eigenvalue weighted by Crippen LogP contribution is -2.93. The van der Waals surface area contributed by atoms with Crippen molar-refractivity contribution in [2.24, 2.45) is 0 Å². The predicted octanol–water partition coefficient (Wildman–Crippen LogP) is 6.98. The Labute approximate surface area is 420 Å². The van der Waals surface area contributed by atoms with E-state index in [2.05, 4.69) is 234 Å². The average Bonchev–Trinajstić information content (AvgIpc) is 3.98. The molecule has 7 heterocycles. The highest BCUT2D eigenvalue weighted by molar-refractivity contribution is 7.31. The lowest BCUT2D eigenvalue weighted by Gasteiger charge is -2.49. The average molecular weight is 946 g/mol. The van der Waals surface area contributed by atoms with E-state index in [0.29, 0.717) is 17.7 Å². The van der Waals surface area contributed by atoms with Crippen molar-refractivity contribution in [3.63, 3.8) is 0 Å². The van der Waals surface area contributed by atoms with E-state index in [0.717, 1.165) is 77.6 Å². The fraction of sp³-hybridized carbons (Fsp3) is 0. The molecule has 0 radical (unpaired) electrons. The van der Waals surface area contributed by atoms with Crippen LogP contribution in [0.3, 0.4) is 0 Å². The molecule has 4 aliphatic heterocycles. The van der Waals surface area contributed by atoms with Crippen molar-refractivity contribution in [1.82, 2.24) is 24.1 Å². The molecule has 4 aliphatic rings. The monoisotopic (exact) mass is 945 g/mol. The standard InChI is InChI=1S/C63H37B2N5O2Si/c1-8-27-47-38(18-1)39-19-2-9-28-48(39)69(47)62-66-61(67-63(68-62)70-49-29-10-3-20-40(49)41-21-4-11-30-50(41)70)42-22-15-26-46-60(42)72-53-33-17-37-57-59(53)65(46)45-25-7-14-35-55(45)73(57)54-34-13-6-24-44(54)64-43-23-5-12-31-51(43)71-52-32-16-36-56(73)58(52)64/h1-37H. The van der Waals surface area contributed by atoms with Gasteiger partial charge in [-0.3, -0.25) is 9.13 Å². The molecule has 10 aromatic carbocycles. The second kappa shape index (κ2) is 14.4. The minimum atomic E-state index is -3.05. The Hall–Kier alpha value is -9.24. The zero-order valence-corrected chi connectivity index (χ0v) is 40.1. The second-order valence-corrected chi connectivity index (χ2v) is 23.3. The maximum Gasteiger partial charge on any atom is 0.250 e. The largest absolute Gasteiger partial charge is 0.458 e. The summed E-state index contributed by atoms with van der Waals surface area (Å²) in [6, 6.07) is 81.2. The van der Waals surface area contributed by atoms with Crippen molar-refractivity contribution in [1.29, 1.82) is 0 Å². The smallest absolute Gasteiger partial charge is 0.250 e. The SMILES string of the molecule is c1ccc2c(c1)Oc1cccc3c1B2c1ccccc1[Si]31c2ccccc2B2c3cccc(-c4nc(-n5c6ccccc6c6ccccc65)nc(-n5c6ccccc6c6ccccc65)n4)c3Oc3cccc1c32. The van der Waals surface area contributed by atoms with E-state index >= 15 is 0 Å². The fourth-order valence-corrected chi connectivity index (χ4v) is 19.4. The Kier molecular flexibility index (Phi) is 7.81. The van der Waals surface area contributed by atoms with Crippen LogP contribution in [0, 0.1) is 0 Å². The minimum absolute atomic E-state index is 0.0506. The molecule has 7 nitrogen and oxygen atoms in total. The van der Waals surface area contributed by atoms with Crippen molar-refractivity contribution in [2.75, 3.05) is 0 Å². The number of para-hydroxylation sites is 6. The number of ether oxygens (including phenoxy) is 2. The lowest BCUT2D eigenvalue weighted by molar-refractivity contribution is 0.488. The van der Waals surface area contributed by atoms with Crippen LogP contribution in [-0.4, -0.2) is 45.6 Å². The topological polar surface area (TPSA) is 67.0 Å². The van der Waals surface area contributed by atoms with Gasteiger partial charge in [-0.2, -0.15) is 15.0 Å². The molecule has 73 heavy (non-hydrogen) atoms. The van der Waals surface area contributed by atoms with Gasteiger partial charge in [-0.05, 0) is 91.1 Å². The van der Waals surface area contributed by atoms with E-state index in [4.69, 9.17) is 24.4 Å². The number of rotatable bonds is 3. The van der Waals surface area contributed by atoms with Crippen LogP contribution in [0.4, 0.5) is 0 Å². The summed E-state index contributed by atoms with van der Waals surface area (Å²) in [6.07, 6.45) is 0. The minimum Gasteiger partial charge on any atom is -0.458 e. The van der Waals surface area contributed by atoms with Gasteiger partial charge < -0.3 is 9.47 Å². The molecule has 1 unspecified atom stereocenters. The number of hydrogen-bond acceptors (Lipinski definition) is 5. The summed E-state index contributed by atoms with van der Waals surface area (Å²) >= 11 is 0. The molecule has 1 atom stereocenters. The number of fused-ring (bicyclic) bond motifs is 18. The quantitative estimate of drug-likeness (QED) is 0.179. The number of nitrogens with zero attached hydrogens (tertiary/aromatic N) is 5. The van der Waals surface area contributed by atoms with Crippen molar-refractivity contribution >= 4 is 119 Å². The van der Waals surface area contributed by atoms with Crippen LogP contribution < -0.4 is 63.0 Å². The van der Waals surface area contributed by atoms with Gasteiger partial charge in [0.25, 0.3) is 13.4 Å². The van der Waals surface area contributed by atoms with E-state index < -0.39 is 8.07 Å². The van der Waals surface area contributed by atoms with E-state index in [1.165, 1.54) is 48.1 Å². The van der Waals surface area contributed by atoms with Crippen LogP contribution in [0.1, 0.15) is 0 Å². The van der Waals surface area contributed by atoms with Gasteiger partial charge in [-0.1, -0.05) is 187 Å². The van der Waals surface area contributed by atoms with Crippen LogP contribution >= 0.6 is 0 Å². The van der Waals surface area contributed by atoms with Gasteiger partial charge in [-0.25, -0.2) is 0 Å². The molecule has 0 N–H and O–H groups in total. The summed E-state index contributed by atoms with van der Waals surface area (Å²) in [5.74, 6) is 5.05. The Bertz CT molecular complexity index is 4350. The van der Waals surface area contributed by atoms with Crippen LogP contribution in [0.5, 0.6) is 23.0 Å². The van der Waals surface area contributed by atoms with Crippen LogP contribution in [0.15, 0.2) is 224 Å². The third-order valence-electron chi connectivity index (χ3n) is 16.3. The van der Waals surface area contributed by atoms with Crippen molar-refractivity contribution in [3.05, 3.63) is 224 Å². The molecule has 0 bridgehead atoms. The zero-order valence-electron chi connectivity index (χ0n) is 39.1. The number of hydrogen-bond donors (Lipinski definition) is 0. The van der Waals surface area contributed by atoms with Crippen LogP contribution in [0.25, 0.3) is 66.9 Å². The van der Waals surface area contributed by atoms with Gasteiger partial charge in [0.05, 0.1) is 27.6 Å². The zero-order chi connectivity index (χ0) is 47.5. The Morgan fingerprint density at radius 3 is 1.27 bits per heavy atom. The third-order valence-corrected chi connectivity index (χ3v) is 21.3. The number of aromatic nitrogens is 5. The molecular formula is C63H37B2N5O2Si. The third kappa shape index (κ3) is 5.07. The summed E-state index contributed by atoms with van der Waals surface area (Å²) in [5.41, 5.74) is 12.3. The summed E-state index contributed by atoms with van der Waals surface area (Å²) in [7, 11) is -3.05. The molecule has 0 amide bonds. The van der Waals surface area contributed by atoms with Crippen LogP contribution in [-0.2, 0) is 0 Å². The Morgan fingerprint density at radius 1 is 0.329 bits per heavy atom. The Morgan fingerprint density at radius 2 is 0.726 bits per heavy atom. The van der Waals surface area contributed by atoms with Gasteiger partial charge in [-0.15, -0.1) is 0 Å². The van der Waals surface area contributed by atoms with Crippen LogP contribution in [0.2, 0.25) is 0 Å². The highest BCUT2D eigenvalue weighted by Gasteiger charge is 2.58. The van der Waals surface area contributed by atoms with Gasteiger partial charge in [0.1, 0.15) is 23.0 Å². The molecule has 0 fully saturated rings. The summed E-state index contributed by atoms with van der Waals surface area (Å²) < 4.78 is 18.7. The first-order valence-electron chi connectivity index (χ1n) is 25.0. The molecule has 0 aliphatic carbocycles. The molecule has 17 rings (SSSR count). The lowest BCUT2D eigenvalue weighted by atomic mass is 9.35. The molecule has 10 heteroatoms. The second-order valence-electron chi connectivity index (χ2n) is 19.7. The summed E-state index contributed by atoms with van der Waals surface area (Å²) in [4.78, 5) is 16.5. The Balaban J connectivity index is 0.923. The number of benzene rings is 10. The first-order chi connectivity index (χ1) is 36.2. The molecule has 1 spiro atoms. The summed E-state index contributed by atoms with van der Waals surface area (Å²) in [5, 5.41) is 10.1. The normalized spacial score (nSPS) is 15.3. The molecule has 336 valence electrons. The van der Waals surface area contributed by atoms with Gasteiger partial charge in [0, 0.05) is 21.5 Å². The van der Waals surface area contributed by atoms with E-state index in [-0.39, 0.29) is 13.4 Å². The maximum absolute atomic E-state index is 7.48. The van der Waals surface area contributed by atoms with Gasteiger partial charge in [0.2, 0.25) is 11.9 Å². The van der Waals surface area contributed by atoms with Gasteiger partial charge >= 0.3 is 0 Å². The first-order valence-corrected chi connectivity index (χ1v) is 27.0.